The van der Waals surface area contributed by atoms with Crippen LogP contribution in [0.3, 0.4) is 0 Å². The van der Waals surface area contributed by atoms with Crippen LogP contribution in [0.25, 0.3) is 0 Å². The lowest BCUT2D eigenvalue weighted by Crippen LogP contribution is -2.36. The number of amides is 2. The number of hydrogen-bond donors (Lipinski definition) is 0. The first-order chi connectivity index (χ1) is 13.9. The number of likely N-dealkylation sites (tertiary alicyclic amines) is 2. The Hall–Kier alpha value is -2.89. The Bertz CT molecular complexity index is 941. The molecule has 1 aromatic carbocycles. The fourth-order valence-corrected chi connectivity index (χ4v) is 4.85. The maximum Gasteiger partial charge on any atom is 0.255 e. The summed E-state index contributed by atoms with van der Waals surface area (Å²) in [4.78, 5) is 33.8. The van der Waals surface area contributed by atoms with E-state index >= 15 is 0 Å². The first-order valence-electron chi connectivity index (χ1n) is 10.0. The number of carbonyl (C=O) groups excluding carboxylic acids is 2. The number of benzene rings is 1. The van der Waals surface area contributed by atoms with Crippen molar-refractivity contribution >= 4 is 11.8 Å². The van der Waals surface area contributed by atoms with Crippen molar-refractivity contribution < 1.29 is 14.3 Å². The molecule has 152 valence electrons. The van der Waals surface area contributed by atoms with E-state index < -0.39 is 0 Å². The molecular formula is C23H27N3O3. The van der Waals surface area contributed by atoms with Gasteiger partial charge in [0.15, 0.2) is 0 Å². The zero-order valence-corrected chi connectivity index (χ0v) is 17.4. The second kappa shape index (κ2) is 7.50. The Morgan fingerprint density at radius 1 is 1.03 bits per heavy atom. The third-order valence-corrected chi connectivity index (χ3v) is 6.27. The molecule has 6 heteroatoms. The summed E-state index contributed by atoms with van der Waals surface area (Å²) in [5, 5.41) is 0. The lowest BCUT2D eigenvalue weighted by Gasteiger charge is -2.29. The van der Waals surface area contributed by atoms with Crippen molar-refractivity contribution in [3.8, 4) is 5.75 Å². The van der Waals surface area contributed by atoms with Crippen molar-refractivity contribution in [2.24, 2.45) is 11.8 Å². The van der Waals surface area contributed by atoms with Crippen LogP contribution < -0.4 is 4.74 Å². The molecule has 29 heavy (non-hydrogen) atoms. The molecule has 2 aliphatic heterocycles. The van der Waals surface area contributed by atoms with Crippen LogP contribution in [0.4, 0.5) is 0 Å². The smallest absolute Gasteiger partial charge is 0.255 e. The Balaban J connectivity index is 1.59. The van der Waals surface area contributed by atoms with Crippen LogP contribution in [-0.2, 0) is 4.79 Å². The maximum absolute atomic E-state index is 13.1. The summed E-state index contributed by atoms with van der Waals surface area (Å²) in [6.45, 7) is 7.45. The summed E-state index contributed by atoms with van der Waals surface area (Å²) in [7, 11) is 1.64. The summed E-state index contributed by atoms with van der Waals surface area (Å²) < 4.78 is 5.27. The number of rotatable bonds is 3. The van der Waals surface area contributed by atoms with Gasteiger partial charge in [-0.2, -0.15) is 0 Å². The number of hydrogen-bond acceptors (Lipinski definition) is 4. The lowest BCUT2D eigenvalue weighted by molar-refractivity contribution is -0.130. The van der Waals surface area contributed by atoms with Gasteiger partial charge in [0.25, 0.3) is 5.91 Å². The van der Waals surface area contributed by atoms with Gasteiger partial charge >= 0.3 is 0 Å². The number of pyridine rings is 1. The van der Waals surface area contributed by atoms with E-state index in [-0.39, 0.29) is 29.7 Å². The van der Waals surface area contributed by atoms with Crippen molar-refractivity contribution in [2.45, 2.75) is 26.8 Å². The molecular weight excluding hydrogens is 366 g/mol. The molecule has 3 heterocycles. The number of ether oxygens (including phenoxy) is 1. The van der Waals surface area contributed by atoms with Crippen LogP contribution in [0.15, 0.2) is 36.4 Å². The number of aromatic nitrogens is 1. The summed E-state index contributed by atoms with van der Waals surface area (Å²) in [5.74, 6) is 1.43. The molecule has 2 saturated heterocycles. The van der Waals surface area contributed by atoms with Gasteiger partial charge in [0.05, 0.1) is 24.4 Å². The SMILES string of the molecule is COc1ccc([C@H]2[C@@H]3CN(C(=O)c4ccc(C)nc4C)C[C@@H]3CN2C(C)=O)cc1. The largest absolute Gasteiger partial charge is 0.497 e. The van der Waals surface area contributed by atoms with E-state index in [2.05, 4.69) is 4.98 Å². The predicted molar refractivity (Wildman–Crippen MR) is 110 cm³/mol. The van der Waals surface area contributed by atoms with E-state index in [1.807, 2.05) is 60.0 Å². The molecule has 0 radical (unpaired) electrons. The maximum atomic E-state index is 13.1. The van der Waals surface area contributed by atoms with E-state index in [1.165, 1.54) is 0 Å². The van der Waals surface area contributed by atoms with Crippen LogP contribution in [0.2, 0.25) is 0 Å². The van der Waals surface area contributed by atoms with E-state index in [0.29, 0.717) is 25.2 Å². The third-order valence-electron chi connectivity index (χ3n) is 6.27. The molecule has 2 aromatic rings. The molecule has 0 saturated carbocycles. The summed E-state index contributed by atoms with van der Waals surface area (Å²) in [6.07, 6.45) is 0. The first-order valence-corrected chi connectivity index (χ1v) is 10.0. The zero-order chi connectivity index (χ0) is 20.7. The molecule has 2 fully saturated rings. The first kappa shape index (κ1) is 19.4. The molecule has 0 N–H and O–H groups in total. The van der Waals surface area contributed by atoms with E-state index in [0.717, 1.165) is 22.7 Å². The second-order valence-corrected chi connectivity index (χ2v) is 8.11. The van der Waals surface area contributed by atoms with Gasteiger partial charge in [-0.1, -0.05) is 12.1 Å². The Kier molecular flexibility index (Phi) is 5.03. The molecule has 0 unspecified atom stereocenters. The highest BCUT2D eigenvalue weighted by Crippen LogP contribution is 2.45. The van der Waals surface area contributed by atoms with Gasteiger partial charge in [-0.15, -0.1) is 0 Å². The van der Waals surface area contributed by atoms with Gasteiger partial charge < -0.3 is 14.5 Å². The summed E-state index contributed by atoms with van der Waals surface area (Å²) in [5.41, 5.74) is 3.44. The second-order valence-electron chi connectivity index (χ2n) is 8.11. The van der Waals surface area contributed by atoms with Crippen molar-refractivity contribution in [1.29, 1.82) is 0 Å². The number of aryl methyl sites for hydroxylation is 2. The topological polar surface area (TPSA) is 62.7 Å². The average molecular weight is 393 g/mol. The molecule has 6 nitrogen and oxygen atoms in total. The third kappa shape index (κ3) is 3.48. The van der Waals surface area contributed by atoms with Gasteiger partial charge in [-0.25, -0.2) is 0 Å². The van der Waals surface area contributed by atoms with E-state index in [1.54, 1.807) is 14.0 Å². The van der Waals surface area contributed by atoms with Gasteiger partial charge in [-0.05, 0) is 43.7 Å². The van der Waals surface area contributed by atoms with Crippen molar-refractivity contribution in [3.63, 3.8) is 0 Å². The van der Waals surface area contributed by atoms with Crippen LogP contribution in [0.5, 0.6) is 5.75 Å². The standard InChI is InChI=1S/C23H27N3O3/c1-14-5-10-20(15(2)24-14)23(28)25-11-18-12-26(16(3)27)22(21(18)13-25)17-6-8-19(29-4)9-7-17/h5-10,18,21-22H,11-13H2,1-4H3/t18-,21-,22+/m1/s1. The summed E-state index contributed by atoms with van der Waals surface area (Å²) in [6, 6.07) is 11.7. The van der Waals surface area contributed by atoms with Gasteiger partial charge in [-0.3, -0.25) is 14.6 Å². The van der Waals surface area contributed by atoms with Gasteiger partial charge in [0.1, 0.15) is 5.75 Å². The fourth-order valence-electron chi connectivity index (χ4n) is 4.85. The number of methoxy groups -OCH3 is 1. The van der Waals surface area contributed by atoms with Crippen LogP contribution >= 0.6 is 0 Å². The van der Waals surface area contributed by atoms with E-state index in [9.17, 15) is 9.59 Å². The van der Waals surface area contributed by atoms with Crippen LogP contribution in [0, 0.1) is 25.7 Å². The molecule has 3 atom stereocenters. The minimum absolute atomic E-state index is 0.0153. The van der Waals surface area contributed by atoms with Gasteiger partial charge in [0.2, 0.25) is 5.91 Å². The van der Waals surface area contributed by atoms with Crippen LogP contribution in [-0.4, -0.2) is 53.3 Å². The monoisotopic (exact) mass is 393 g/mol. The minimum atomic E-state index is -0.0153. The molecule has 0 aliphatic carbocycles. The highest BCUT2D eigenvalue weighted by molar-refractivity contribution is 5.95. The number of nitrogens with zero attached hydrogens (tertiary/aromatic N) is 3. The predicted octanol–water partition coefficient (Wildman–Crippen LogP) is 3.00. The quantitative estimate of drug-likeness (QED) is 0.804. The van der Waals surface area contributed by atoms with Gasteiger partial charge in [0, 0.05) is 44.1 Å². The Morgan fingerprint density at radius 3 is 2.38 bits per heavy atom. The fraction of sp³-hybridized carbons (Fsp3) is 0.435. The van der Waals surface area contributed by atoms with E-state index in [4.69, 9.17) is 4.74 Å². The average Bonchev–Trinajstić information content (AvgIpc) is 3.26. The molecule has 2 aliphatic rings. The lowest BCUT2D eigenvalue weighted by atomic mass is 9.89. The normalized spacial score (nSPS) is 23.2. The zero-order valence-electron chi connectivity index (χ0n) is 17.4. The molecule has 0 bridgehead atoms. The Labute approximate surface area is 171 Å². The highest BCUT2D eigenvalue weighted by atomic mass is 16.5. The molecule has 0 spiro atoms. The number of carbonyl (C=O) groups is 2. The minimum Gasteiger partial charge on any atom is -0.497 e. The Morgan fingerprint density at radius 2 is 1.76 bits per heavy atom. The van der Waals surface area contributed by atoms with Crippen molar-refractivity contribution in [2.75, 3.05) is 26.7 Å². The van der Waals surface area contributed by atoms with Crippen LogP contribution in [0.1, 0.15) is 40.3 Å². The summed E-state index contributed by atoms with van der Waals surface area (Å²) >= 11 is 0. The molecule has 4 rings (SSSR count). The molecule has 1 aromatic heterocycles. The molecule has 2 amide bonds. The number of fused-ring (bicyclic) bond motifs is 1. The highest BCUT2D eigenvalue weighted by Gasteiger charge is 2.49. The van der Waals surface area contributed by atoms with Crippen molar-refractivity contribution in [1.82, 2.24) is 14.8 Å². The van der Waals surface area contributed by atoms with Crippen molar-refractivity contribution in [3.05, 3.63) is 58.9 Å².